The molecule has 1 unspecified atom stereocenters. The summed E-state index contributed by atoms with van der Waals surface area (Å²) in [6.07, 6.45) is 8.07. The SMILES string of the molecule is C#CCNC(CCCC)CNC(=O)OC(C)(C)C. The van der Waals surface area contributed by atoms with Crippen molar-refractivity contribution in [1.82, 2.24) is 10.6 Å². The van der Waals surface area contributed by atoms with Gasteiger partial charge in [-0.3, -0.25) is 0 Å². The van der Waals surface area contributed by atoms with Crippen molar-refractivity contribution in [2.75, 3.05) is 13.1 Å². The smallest absolute Gasteiger partial charge is 0.407 e. The fourth-order valence-electron chi connectivity index (χ4n) is 1.45. The van der Waals surface area contributed by atoms with Crippen LogP contribution in [0.5, 0.6) is 0 Å². The molecule has 18 heavy (non-hydrogen) atoms. The Balaban J connectivity index is 4.00. The molecule has 0 saturated carbocycles. The highest BCUT2D eigenvalue weighted by Crippen LogP contribution is 2.06. The summed E-state index contributed by atoms with van der Waals surface area (Å²) >= 11 is 0. The van der Waals surface area contributed by atoms with Crippen molar-refractivity contribution in [1.29, 1.82) is 0 Å². The van der Waals surface area contributed by atoms with Crippen LogP contribution in [-0.2, 0) is 4.74 Å². The van der Waals surface area contributed by atoms with Crippen LogP contribution in [0.1, 0.15) is 47.0 Å². The van der Waals surface area contributed by atoms with Gasteiger partial charge in [-0.25, -0.2) is 4.79 Å². The molecule has 104 valence electrons. The lowest BCUT2D eigenvalue weighted by atomic mass is 10.1. The second kappa shape index (κ2) is 8.82. The van der Waals surface area contributed by atoms with Crippen molar-refractivity contribution in [2.45, 2.75) is 58.6 Å². The van der Waals surface area contributed by atoms with Gasteiger partial charge >= 0.3 is 6.09 Å². The summed E-state index contributed by atoms with van der Waals surface area (Å²) in [6, 6.07) is 0.202. The van der Waals surface area contributed by atoms with Crippen molar-refractivity contribution in [3.8, 4) is 12.3 Å². The normalized spacial score (nSPS) is 12.6. The van der Waals surface area contributed by atoms with Gasteiger partial charge in [0.25, 0.3) is 0 Å². The minimum Gasteiger partial charge on any atom is -0.444 e. The van der Waals surface area contributed by atoms with Crippen LogP contribution < -0.4 is 10.6 Å². The zero-order chi connectivity index (χ0) is 14.0. The zero-order valence-corrected chi connectivity index (χ0v) is 12.0. The van der Waals surface area contributed by atoms with Gasteiger partial charge < -0.3 is 15.4 Å². The number of nitrogens with one attached hydrogen (secondary N) is 2. The van der Waals surface area contributed by atoms with E-state index in [1.54, 1.807) is 0 Å². The predicted molar refractivity (Wildman–Crippen MR) is 74.4 cm³/mol. The summed E-state index contributed by atoms with van der Waals surface area (Å²) in [7, 11) is 0. The Hall–Kier alpha value is -1.21. The third-order valence-corrected chi connectivity index (χ3v) is 2.29. The first-order chi connectivity index (χ1) is 8.39. The van der Waals surface area contributed by atoms with Crippen LogP contribution in [0.4, 0.5) is 4.79 Å². The fraction of sp³-hybridized carbons (Fsp3) is 0.786. The van der Waals surface area contributed by atoms with E-state index in [0.29, 0.717) is 13.1 Å². The van der Waals surface area contributed by atoms with E-state index >= 15 is 0 Å². The lowest BCUT2D eigenvalue weighted by Crippen LogP contribution is -2.42. The zero-order valence-electron chi connectivity index (χ0n) is 12.0. The van der Waals surface area contributed by atoms with Gasteiger partial charge in [-0.2, -0.15) is 0 Å². The average molecular weight is 254 g/mol. The molecule has 0 aliphatic heterocycles. The van der Waals surface area contributed by atoms with E-state index in [2.05, 4.69) is 23.5 Å². The third-order valence-electron chi connectivity index (χ3n) is 2.29. The molecule has 0 aromatic heterocycles. The Bertz CT molecular complexity index is 276. The second-order valence-electron chi connectivity index (χ2n) is 5.31. The molecule has 0 spiro atoms. The average Bonchev–Trinajstić information content (AvgIpc) is 2.25. The van der Waals surface area contributed by atoms with Crippen LogP contribution in [-0.4, -0.2) is 30.8 Å². The molecule has 0 saturated heterocycles. The van der Waals surface area contributed by atoms with Crippen LogP contribution in [0.25, 0.3) is 0 Å². The van der Waals surface area contributed by atoms with Crippen LogP contribution in [0.15, 0.2) is 0 Å². The van der Waals surface area contributed by atoms with Gasteiger partial charge in [0.2, 0.25) is 0 Å². The van der Waals surface area contributed by atoms with Gasteiger partial charge in [0.1, 0.15) is 5.60 Å². The Morgan fingerprint density at radius 2 is 2.11 bits per heavy atom. The lowest BCUT2D eigenvalue weighted by molar-refractivity contribution is 0.0522. The van der Waals surface area contributed by atoms with E-state index in [0.717, 1.165) is 19.3 Å². The quantitative estimate of drug-likeness (QED) is 0.685. The van der Waals surface area contributed by atoms with Crippen molar-refractivity contribution in [2.24, 2.45) is 0 Å². The van der Waals surface area contributed by atoms with Crippen molar-refractivity contribution < 1.29 is 9.53 Å². The number of carbonyl (C=O) groups excluding carboxylic acids is 1. The molecule has 0 aliphatic rings. The molecule has 0 bridgehead atoms. The standard InChI is InChI=1S/C14H26N2O2/c1-6-8-9-12(15-10-7-2)11-16-13(17)18-14(3,4)5/h2,12,15H,6,8-11H2,1,3-5H3,(H,16,17). The summed E-state index contributed by atoms with van der Waals surface area (Å²) in [5.74, 6) is 2.55. The van der Waals surface area contributed by atoms with Crippen molar-refractivity contribution in [3.63, 3.8) is 0 Å². The molecule has 0 aromatic rings. The van der Waals surface area contributed by atoms with Gasteiger partial charge in [-0.15, -0.1) is 6.42 Å². The molecule has 0 rings (SSSR count). The van der Waals surface area contributed by atoms with E-state index in [4.69, 9.17) is 11.2 Å². The third kappa shape index (κ3) is 9.98. The maximum atomic E-state index is 11.5. The highest BCUT2D eigenvalue weighted by molar-refractivity contribution is 5.67. The Morgan fingerprint density at radius 3 is 2.61 bits per heavy atom. The number of amides is 1. The Kier molecular flexibility index (Phi) is 8.23. The van der Waals surface area contributed by atoms with Gasteiger partial charge in [0, 0.05) is 12.6 Å². The second-order valence-corrected chi connectivity index (χ2v) is 5.31. The molecule has 0 radical (unpaired) electrons. The molecule has 2 N–H and O–H groups in total. The number of alkyl carbamates (subject to hydrolysis) is 1. The number of carbonyl (C=O) groups is 1. The minimum atomic E-state index is -0.463. The fourth-order valence-corrected chi connectivity index (χ4v) is 1.45. The van der Waals surface area contributed by atoms with E-state index in [1.165, 1.54) is 0 Å². The molecular weight excluding hydrogens is 228 g/mol. The maximum Gasteiger partial charge on any atom is 0.407 e. The number of unbranched alkanes of at least 4 members (excludes halogenated alkanes) is 1. The molecule has 0 fully saturated rings. The van der Waals surface area contributed by atoms with Gasteiger partial charge in [-0.1, -0.05) is 25.7 Å². The number of terminal acetylenes is 1. The number of hydrogen-bond donors (Lipinski definition) is 2. The van der Waals surface area contributed by atoms with Gasteiger partial charge in [0.05, 0.1) is 6.54 Å². The molecule has 1 amide bonds. The molecule has 0 aromatic carbocycles. The van der Waals surface area contributed by atoms with E-state index in [1.807, 2.05) is 20.8 Å². The summed E-state index contributed by atoms with van der Waals surface area (Å²) in [5.41, 5.74) is -0.463. The predicted octanol–water partition coefficient (Wildman–Crippen LogP) is 2.29. The minimum absolute atomic E-state index is 0.202. The van der Waals surface area contributed by atoms with Crippen molar-refractivity contribution >= 4 is 6.09 Å². The Morgan fingerprint density at radius 1 is 1.44 bits per heavy atom. The highest BCUT2D eigenvalue weighted by atomic mass is 16.6. The number of ether oxygens (including phenoxy) is 1. The summed E-state index contributed by atoms with van der Waals surface area (Å²) < 4.78 is 5.18. The molecule has 1 atom stereocenters. The lowest BCUT2D eigenvalue weighted by Gasteiger charge is -2.22. The molecule has 4 nitrogen and oxygen atoms in total. The largest absolute Gasteiger partial charge is 0.444 e. The Labute approximate surface area is 111 Å². The van der Waals surface area contributed by atoms with Gasteiger partial charge in [-0.05, 0) is 27.2 Å². The van der Waals surface area contributed by atoms with Crippen LogP contribution in [0, 0.1) is 12.3 Å². The van der Waals surface area contributed by atoms with E-state index in [-0.39, 0.29) is 12.1 Å². The summed E-state index contributed by atoms with van der Waals surface area (Å²) in [4.78, 5) is 11.5. The number of hydrogen-bond acceptors (Lipinski definition) is 3. The summed E-state index contributed by atoms with van der Waals surface area (Å²) in [5, 5.41) is 5.98. The first-order valence-electron chi connectivity index (χ1n) is 6.52. The van der Waals surface area contributed by atoms with Gasteiger partial charge in [0.15, 0.2) is 0 Å². The molecule has 0 heterocycles. The first kappa shape index (κ1) is 16.8. The van der Waals surface area contributed by atoms with E-state index in [9.17, 15) is 4.79 Å². The molecule has 0 aliphatic carbocycles. The topological polar surface area (TPSA) is 50.4 Å². The monoisotopic (exact) mass is 254 g/mol. The van der Waals surface area contributed by atoms with Crippen LogP contribution in [0.2, 0.25) is 0 Å². The molecule has 4 heteroatoms. The van der Waals surface area contributed by atoms with Crippen LogP contribution >= 0.6 is 0 Å². The van der Waals surface area contributed by atoms with E-state index < -0.39 is 5.60 Å². The first-order valence-corrected chi connectivity index (χ1v) is 6.52. The van der Waals surface area contributed by atoms with Crippen LogP contribution in [0.3, 0.4) is 0 Å². The maximum absolute atomic E-state index is 11.5. The van der Waals surface area contributed by atoms with Crippen molar-refractivity contribution in [3.05, 3.63) is 0 Å². The number of rotatable bonds is 7. The summed E-state index contributed by atoms with van der Waals surface area (Å²) in [6.45, 7) is 8.73. The highest BCUT2D eigenvalue weighted by Gasteiger charge is 2.17. The molecular formula is C14H26N2O2.